The lowest BCUT2D eigenvalue weighted by molar-refractivity contribution is -0.146. The second kappa shape index (κ2) is 2.16. The molecule has 0 aliphatic heterocycles. The van der Waals surface area contributed by atoms with E-state index < -0.39 is 11.4 Å². The third-order valence-corrected chi connectivity index (χ3v) is 1.09. The molecule has 0 bridgehead atoms. The molecule has 0 fully saturated rings. The summed E-state index contributed by atoms with van der Waals surface area (Å²) < 4.78 is 0. The maximum atomic E-state index is 10.2. The van der Waals surface area contributed by atoms with Crippen molar-refractivity contribution < 1.29 is 9.90 Å². The molecular weight excluding hydrogens is 104 g/mol. The summed E-state index contributed by atoms with van der Waals surface area (Å²) in [5, 5.41) is 8.36. The van der Waals surface area contributed by atoms with Crippen molar-refractivity contribution in [1.29, 1.82) is 0 Å². The lowest BCUT2D eigenvalue weighted by Gasteiger charge is -2.14. The van der Waals surface area contributed by atoms with Crippen LogP contribution in [-0.4, -0.2) is 11.1 Å². The Labute approximate surface area is 49.5 Å². The lowest BCUT2D eigenvalue weighted by Crippen LogP contribution is -2.22. The van der Waals surface area contributed by atoms with Crippen molar-refractivity contribution in [2.24, 2.45) is 5.41 Å². The minimum atomic E-state index is -0.847. The number of carboxylic acids is 1. The molecule has 2 nitrogen and oxygen atoms in total. The predicted molar refractivity (Wildman–Crippen MR) is 30.3 cm³/mol. The van der Waals surface area contributed by atoms with Crippen molar-refractivity contribution in [1.82, 2.24) is 0 Å². The molecule has 0 unspecified atom stereocenters. The van der Waals surface area contributed by atoms with Gasteiger partial charge in [-0.25, -0.2) is 0 Å². The Bertz CT molecular complexity index is 94.7. The Morgan fingerprint density at radius 3 is 2.12 bits per heavy atom. The van der Waals surface area contributed by atoms with E-state index in [1.807, 2.05) is 0 Å². The molecule has 8 heavy (non-hydrogen) atoms. The van der Waals surface area contributed by atoms with Crippen LogP contribution in [0.15, 0.2) is 0 Å². The monoisotopic (exact) mass is 114 g/mol. The first-order valence-corrected chi connectivity index (χ1v) is 2.44. The van der Waals surface area contributed by atoms with Crippen LogP contribution in [0.2, 0.25) is 0 Å². The van der Waals surface area contributed by atoms with Crippen LogP contribution in [0.25, 0.3) is 0 Å². The second-order valence-corrected chi connectivity index (χ2v) is 2.39. The van der Waals surface area contributed by atoms with Crippen molar-refractivity contribution in [2.45, 2.75) is 20.3 Å². The zero-order chi connectivity index (χ0) is 6.78. The first-order valence-electron chi connectivity index (χ1n) is 2.44. The minimum absolute atomic E-state index is 0.183. The van der Waals surface area contributed by atoms with Crippen molar-refractivity contribution in [3.63, 3.8) is 0 Å². The molecule has 2 heteroatoms. The topological polar surface area (TPSA) is 37.3 Å². The van der Waals surface area contributed by atoms with Crippen LogP contribution in [0.4, 0.5) is 0 Å². The van der Waals surface area contributed by atoms with Gasteiger partial charge in [-0.2, -0.15) is 0 Å². The van der Waals surface area contributed by atoms with Crippen LogP contribution in [-0.2, 0) is 4.79 Å². The van der Waals surface area contributed by atoms with Crippen molar-refractivity contribution in [3.05, 3.63) is 6.92 Å². The van der Waals surface area contributed by atoms with Gasteiger partial charge in [0.05, 0.1) is 5.41 Å². The van der Waals surface area contributed by atoms with Gasteiger partial charge in [0.1, 0.15) is 0 Å². The molecule has 0 heterocycles. The summed E-state index contributed by atoms with van der Waals surface area (Å²) >= 11 is 0. The fraction of sp³-hybridized carbons (Fsp3) is 0.667. The highest BCUT2D eigenvalue weighted by Gasteiger charge is 2.23. The van der Waals surface area contributed by atoms with Gasteiger partial charge in [-0.3, -0.25) is 4.79 Å². The van der Waals surface area contributed by atoms with Gasteiger partial charge in [-0.05, 0) is 27.2 Å². The largest absolute Gasteiger partial charge is 0.481 e. The molecule has 0 atom stereocenters. The van der Waals surface area contributed by atoms with Crippen LogP contribution in [0.3, 0.4) is 0 Å². The van der Waals surface area contributed by atoms with Gasteiger partial charge in [0.25, 0.3) is 0 Å². The average Bonchev–Trinajstić information content (AvgIpc) is 1.67. The number of hydrogen-bond acceptors (Lipinski definition) is 1. The molecule has 0 aliphatic rings. The molecule has 0 aromatic carbocycles. The summed E-state index contributed by atoms with van der Waals surface area (Å²) in [6.07, 6.45) is 0.183. The maximum Gasteiger partial charge on any atom is 0.309 e. The van der Waals surface area contributed by atoms with Gasteiger partial charge >= 0.3 is 5.97 Å². The smallest absolute Gasteiger partial charge is 0.309 e. The van der Waals surface area contributed by atoms with Gasteiger partial charge in [0.15, 0.2) is 0 Å². The summed E-state index contributed by atoms with van der Waals surface area (Å²) in [5.74, 6) is -0.847. The summed E-state index contributed by atoms with van der Waals surface area (Å²) in [4.78, 5) is 10.2. The molecule has 0 amide bonds. The van der Waals surface area contributed by atoms with E-state index in [9.17, 15) is 4.79 Å². The Balaban J connectivity index is 3.91. The number of carbonyl (C=O) groups is 1. The molecule has 0 aromatic rings. The molecular formula is C6H10O2. The Kier molecular flexibility index (Phi) is 2.02. The van der Waals surface area contributed by atoms with Gasteiger partial charge in [0.2, 0.25) is 0 Å². The average molecular weight is 114 g/mol. The quantitative estimate of drug-likeness (QED) is 0.585. The van der Waals surface area contributed by atoms with E-state index in [2.05, 4.69) is 0 Å². The van der Waals surface area contributed by atoms with Crippen molar-refractivity contribution in [3.8, 4) is 0 Å². The van der Waals surface area contributed by atoms with Crippen LogP contribution in [0.5, 0.6) is 0 Å². The Morgan fingerprint density at radius 2 is 2.12 bits per heavy atom. The second-order valence-electron chi connectivity index (χ2n) is 2.39. The molecule has 2 radical (unpaired) electrons. The molecule has 0 aliphatic carbocycles. The number of hydrogen-bond donors (Lipinski definition) is 1. The Hall–Kier alpha value is -0.530. The van der Waals surface area contributed by atoms with Gasteiger partial charge in [0, 0.05) is 0 Å². The Morgan fingerprint density at radius 1 is 1.75 bits per heavy atom. The number of rotatable bonds is 2. The molecule has 0 aromatic heterocycles. The zero-order valence-electron chi connectivity index (χ0n) is 5.14. The van der Waals surface area contributed by atoms with E-state index in [-0.39, 0.29) is 6.42 Å². The van der Waals surface area contributed by atoms with Crippen molar-refractivity contribution in [2.75, 3.05) is 0 Å². The lowest BCUT2D eigenvalue weighted by atomic mass is 9.91. The first-order chi connectivity index (χ1) is 3.50. The highest BCUT2D eigenvalue weighted by molar-refractivity contribution is 5.73. The molecule has 0 saturated heterocycles. The SMILES string of the molecule is [CH]CC(C)(C)C(=O)O. The standard InChI is InChI=1S/C6H10O2/c1-4-6(2,3)5(7)8/h1H,4H2,2-3H3,(H,7,8). The van der Waals surface area contributed by atoms with Crippen LogP contribution in [0, 0.1) is 12.3 Å². The minimum Gasteiger partial charge on any atom is -0.481 e. The van der Waals surface area contributed by atoms with Crippen molar-refractivity contribution >= 4 is 5.97 Å². The molecule has 0 rings (SSSR count). The van der Waals surface area contributed by atoms with E-state index >= 15 is 0 Å². The summed E-state index contributed by atoms with van der Waals surface area (Å²) in [7, 11) is 0. The van der Waals surface area contributed by atoms with E-state index in [4.69, 9.17) is 12.0 Å². The molecule has 1 N–H and O–H groups in total. The highest BCUT2D eigenvalue weighted by Crippen LogP contribution is 2.18. The van der Waals surface area contributed by atoms with Gasteiger partial charge in [-0.15, -0.1) is 0 Å². The third-order valence-electron chi connectivity index (χ3n) is 1.09. The fourth-order valence-corrected chi connectivity index (χ4v) is 0.0873. The van der Waals surface area contributed by atoms with E-state index in [1.165, 1.54) is 0 Å². The third kappa shape index (κ3) is 1.52. The van der Waals surface area contributed by atoms with Gasteiger partial charge < -0.3 is 5.11 Å². The summed E-state index contributed by atoms with van der Waals surface area (Å²) in [6.45, 7) is 8.31. The number of aliphatic carboxylic acids is 1. The normalized spacial score (nSPS) is 11.4. The van der Waals surface area contributed by atoms with E-state index in [1.54, 1.807) is 13.8 Å². The van der Waals surface area contributed by atoms with Crippen LogP contribution < -0.4 is 0 Å². The van der Waals surface area contributed by atoms with Crippen LogP contribution in [0.1, 0.15) is 20.3 Å². The molecule has 0 saturated carbocycles. The fourth-order valence-electron chi connectivity index (χ4n) is 0.0873. The van der Waals surface area contributed by atoms with Gasteiger partial charge in [-0.1, -0.05) is 0 Å². The van der Waals surface area contributed by atoms with Crippen LogP contribution >= 0.6 is 0 Å². The van der Waals surface area contributed by atoms with E-state index in [0.717, 1.165) is 0 Å². The molecule has 0 spiro atoms. The molecule has 46 valence electrons. The van der Waals surface area contributed by atoms with E-state index in [0.29, 0.717) is 0 Å². The maximum absolute atomic E-state index is 10.2. The highest BCUT2D eigenvalue weighted by atomic mass is 16.4. The predicted octanol–water partition coefficient (Wildman–Crippen LogP) is 1.20. The summed E-state index contributed by atoms with van der Waals surface area (Å²) in [5.41, 5.74) is -0.764. The summed E-state index contributed by atoms with van der Waals surface area (Å²) in [6, 6.07) is 0. The number of carboxylic acid groups (broad SMARTS) is 1. The first kappa shape index (κ1) is 7.47. The zero-order valence-corrected chi connectivity index (χ0v) is 5.14.